The van der Waals surface area contributed by atoms with E-state index < -0.39 is 0 Å². The highest BCUT2D eigenvalue weighted by Gasteiger charge is 2.30. The van der Waals surface area contributed by atoms with Crippen LogP contribution in [-0.4, -0.2) is 91.2 Å². The molecule has 0 unspecified atom stereocenters. The number of hydrogen-bond acceptors (Lipinski definition) is 13. The molecule has 0 aliphatic heterocycles. The lowest BCUT2D eigenvalue weighted by molar-refractivity contribution is 0.0424. The van der Waals surface area contributed by atoms with E-state index in [-0.39, 0.29) is 27.2 Å². The van der Waals surface area contributed by atoms with E-state index in [9.17, 15) is 0 Å². The predicted molar refractivity (Wildman–Crippen MR) is 176 cm³/mol. The Labute approximate surface area is 279 Å². The highest BCUT2D eigenvalue weighted by atomic mass is 16.7. The van der Waals surface area contributed by atoms with Crippen LogP contribution in [0.15, 0.2) is 0 Å². The van der Waals surface area contributed by atoms with Gasteiger partial charge < -0.3 is 61.6 Å². The van der Waals surface area contributed by atoms with Gasteiger partial charge in [-0.15, -0.1) is 0 Å². The zero-order valence-corrected chi connectivity index (χ0v) is 29.8. The summed E-state index contributed by atoms with van der Waals surface area (Å²) in [4.78, 5) is 0. The van der Waals surface area contributed by atoms with Crippen molar-refractivity contribution in [3.63, 3.8) is 0 Å². The molecule has 47 heavy (non-hydrogen) atoms. The molecule has 0 atom stereocenters. The van der Waals surface area contributed by atoms with Crippen LogP contribution >= 0.6 is 0 Å². The minimum Gasteiger partial charge on any atom is -0.492 e. The van der Waals surface area contributed by atoms with Gasteiger partial charge in [-0.3, -0.25) is 0 Å². The second-order valence-corrected chi connectivity index (χ2v) is 10.3. The third-order valence-corrected chi connectivity index (χ3v) is 7.32. The van der Waals surface area contributed by atoms with E-state index in [2.05, 4.69) is 6.92 Å². The first-order valence-electron chi connectivity index (χ1n) is 15.6. The summed E-state index contributed by atoms with van der Waals surface area (Å²) in [5, 5.41) is 0. The Hall–Kier alpha value is -3.52. The Morgan fingerprint density at radius 2 is 0.617 bits per heavy atom. The third kappa shape index (κ3) is 10.2. The molecule has 0 aliphatic carbocycles. The molecule has 2 rings (SSSR count). The molecule has 0 heterocycles. The van der Waals surface area contributed by atoms with Gasteiger partial charge in [0.15, 0.2) is 61.7 Å². The molecule has 0 aromatic heterocycles. The van der Waals surface area contributed by atoms with Crippen molar-refractivity contribution in [2.45, 2.75) is 58.3 Å². The number of benzene rings is 2. The van der Waals surface area contributed by atoms with Crippen LogP contribution in [-0.2, 0) is 38.2 Å². The number of ether oxygens (including phenoxy) is 13. The lowest BCUT2D eigenvalue weighted by atomic mass is 9.96. The Bertz CT molecular complexity index is 1200. The summed E-state index contributed by atoms with van der Waals surface area (Å²) in [6.07, 6.45) is 6.23. The molecule has 0 saturated heterocycles. The summed E-state index contributed by atoms with van der Waals surface area (Å²) in [6, 6.07) is 0. The third-order valence-electron chi connectivity index (χ3n) is 7.32. The Morgan fingerprint density at radius 3 is 0.957 bits per heavy atom. The van der Waals surface area contributed by atoms with E-state index in [4.69, 9.17) is 61.6 Å². The van der Waals surface area contributed by atoms with E-state index in [0.29, 0.717) is 64.6 Å². The zero-order chi connectivity index (χ0) is 34.6. The molecule has 13 heteroatoms. The number of methoxy groups -OCH3 is 9. The average molecular weight is 671 g/mol. The van der Waals surface area contributed by atoms with Gasteiger partial charge in [-0.25, -0.2) is 0 Å². The number of hydrogen-bond donors (Lipinski definition) is 0. The monoisotopic (exact) mass is 670 g/mol. The minimum atomic E-state index is -0.0142. The van der Waals surface area contributed by atoms with Crippen LogP contribution in [0.1, 0.15) is 55.7 Å². The quantitative estimate of drug-likeness (QED) is 0.0866. The Morgan fingerprint density at radius 1 is 0.319 bits per heavy atom. The Kier molecular flexibility index (Phi) is 18.7. The molecule has 0 fully saturated rings. The van der Waals surface area contributed by atoms with Crippen molar-refractivity contribution >= 4 is 0 Å². The highest BCUT2D eigenvalue weighted by molar-refractivity contribution is 5.70. The van der Waals surface area contributed by atoms with Crippen LogP contribution in [0.4, 0.5) is 0 Å². The first-order chi connectivity index (χ1) is 23.0. The van der Waals surface area contributed by atoms with Gasteiger partial charge in [0.2, 0.25) is 17.2 Å². The molecule has 2 aromatic rings. The van der Waals surface area contributed by atoms with E-state index in [0.717, 1.165) is 55.2 Å². The summed E-state index contributed by atoms with van der Waals surface area (Å²) in [6.45, 7) is 2.23. The lowest BCUT2D eigenvalue weighted by Crippen LogP contribution is -2.11. The largest absolute Gasteiger partial charge is 0.492 e. The molecule has 0 bridgehead atoms. The van der Waals surface area contributed by atoms with Crippen molar-refractivity contribution < 1.29 is 61.6 Å². The fourth-order valence-corrected chi connectivity index (χ4v) is 5.33. The summed E-state index contributed by atoms with van der Waals surface area (Å²) in [5.41, 5.74) is 2.46. The van der Waals surface area contributed by atoms with E-state index in [1.807, 2.05) is 0 Å². The molecule has 13 nitrogen and oxygen atoms in total. The SMILES string of the molecule is CCCCc1c(OC)c(OCOC)c(CCCCCc2c(OCOC)c(OC)c(OC)c(OCOC)c2OC)c(OC)c1OCOC. The van der Waals surface area contributed by atoms with Crippen LogP contribution in [0.2, 0.25) is 0 Å². The summed E-state index contributed by atoms with van der Waals surface area (Å²) >= 11 is 0. The van der Waals surface area contributed by atoms with Crippen molar-refractivity contribution in [1.82, 2.24) is 0 Å². The van der Waals surface area contributed by atoms with Crippen molar-refractivity contribution in [1.29, 1.82) is 0 Å². The van der Waals surface area contributed by atoms with Gasteiger partial charge >= 0.3 is 0 Å². The first-order valence-corrected chi connectivity index (χ1v) is 15.6. The Balaban J connectivity index is 2.48. The molecule has 0 amide bonds. The molecule has 0 saturated carbocycles. The van der Waals surface area contributed by atoms with Gasteiger partial charge in [0.1, 0.15) is 0 Å². The van der Waals surface area contributed by atoms with Gasteiger partial charge in [-0.05, 0) is 38.5 Å². The summed E-state index contributed by atoms with van der Waals surface area (Å²) < 4.78 is 74.1. The molecule has 2 aromatic carbocycles. The molecular formula is C34H54O13. The van der Waals surface area contributed by atoms with Gasteiger partial charge in [0.05, 0.1) is 35.5 Å². The number of unbranched alkanes of at least 4 members (excludes halogenated alkanes) is 3. The second-order valence-electron chi connectivity index (χ2n) is 10.3. The fraction of sp³-hybridized carbons (Fsp3) is 0.647. The minimum absolute atomic E-state index is 0.00154. The summed E-state index contributed by atoms with van der Waals surface area (Å²) in [7, 11) is 14.1. The van der Waals surface area contributed by atoms with Crippen molar-refractivity contribution in [2.75, 3.05) is 91.2 Å². The van der Waals surface area contributed by atoms with E-state index in [1.165, 1.54) is 21.3 Å². The van der Waals surface area contributed by atoms with Crippen LogP contribution < -0.4 is 42.6 Å². The molecular weight excluding hydrogens is 616 g/mol. The standard InChI is InChI=1S/C34H54O13/c1-11-12-16-23-26(39-6)30(45-20-36-3)24(27(40-7)29(23)44-19-35-2)17-14-13-15-18-25-28(41-8)34(47-22-38-5)33(43-10)32(42-9)31(25)46-21-37-4/h11-22H2,1-10H3. The van der Waals surface area contributed by atoms with Gasteiger partial charge in [0, 0.05) is 45.1 Å². The molecule has 268 valence electrons. The molecule has 0 N–H and O–H groups in total. The summed E-state index contributed by atoms with van der Waals surface area (Å²) in [5.74, 6) is 4.36. The smallest absolute Gasteiger partial charge is 0.211 e. The first kappa shape index (κ1) is 39.7. The molecule has 0 spiro atoms. The normalized spacial score (nSPS) is 10.9. The molecule has 0 aliphatic rings. The van der Waals surface area contributed by atoms with Gasteiger partial charge in [0.25, 0.3) is 0 Å². The van der Waals surface area contributed by atoms with Gasteiger partial charge in [-0.1, -0.05) is 19.8 Å². The maximum atomic E-state index is 6.12. The van der Waals surface area contributed by atoms with Crippen LogP contribution in [0.25, 0.3) is 0 Å². The van der Waals surface area contributed by atoms with Crippen LogP contribution in [0, 0.1) is 0 Å². The average Bonchev–Trinajstić information content (AvgIpc) is 3.09. The van der Waals surface area contributed by atoms with Crippen LogP contribution in [0.3, 0.4) is 0 Å². The highest BCUT2D eigenvalue weighted by Crippen LogP contribution is 2.54. The topological polar surface area (TPSA) is 120 Å². The van der Waals surface area contributed by atoms with Crippen molar-refractivity contribution in [2.24, 2.45) is 0 Å². The lowest BCUT2D eigenvalue weighted by Gasteiger charge is -2.24. The fourth-order valence-electron chi connectivity index (χ4n) is 5.33. The maximum absolute atomic E-state index is 6.12. The zero-order valence-electron chi connectivity index (χ0n) is 29.8. The predicted octanol–water partition coefficient (Wildman–Crippen LogP) is 5.96. The van der Waals surface area contributed by atoms with E-state index >= 15 is 0 Å². The second kappa shape index (κ2) is 22.1. The van der Waals surface area contributed by atoms with Crippen molar-refractivity contribution in [3.05, 3.63) is 16.7 Å². The maximum Gasteiger partial charge on any atom is 0.211 e. The number of rotatable bonds is 26. The van der Waals surface area contributed by atoms with Crippen LogP contribution in [0.5, 0.6) is 51.7 Å². The van der Waals surface area contributed by atoms with Gasteiger partial charge in [-0.2, -0.15) is 0 Å². The van der Waals surface area contributed by atoms with E-state index in [1.54, 1.807) is 42.7 Å². The van der Waals surface area contributed by atoms with Crippen molar-refractivity contribution in [3.8, 4) is 51.7 Å². The molecule has 0 radical (unpaired) electrons.